The fourth-order valence-electron chi connectivity index (χ4n) is 1.55. The third-order valence-corrected chi connectivity index (χ3v) is 3.41. The molecule has 0 aliphatic heterocycles. The van der Waals surface area contributed by atoms with Gasteiger partial charge in [0.25, 0.3) is 0 Å². The summed E-state index contributed by atoms with van der Waals surface area (Å²) in [5, 5.41) is 0. The largest absolute Gasteiger partial charge is 0.354 e. The van der Waals surface area contributed by atoms with E-state index in [4.69, 9.17) is 5.73 Å². The van der Waals surface area contributed by atoms with Crippen molar-refractivity contribution in [3.05, 3.63) is 23.4 Å². The third-order valence-electron chi connectivity index (χ3n) is 3.41. The predicted octanol–water partition coefficient (Wildman–Crippen LogP) is 2.47. The first-order valence-electron chi connectivity index (χ1n) is 5.82. The van der Waals surface area contributed by atoms with Crippen LogP contribution in [0.2, 0.25) is 0 Å². The Balaban J connectivity index is 3.16. The average Bonchev–Trinajstić information content (AvgIpc) is 2.28. The molecule has 0 aliphatic rings. The normalized spacial score (nSPS) is 11.6. The molecule has 1 aromatic rings. The molecule has 1 aromatic heterocycles. The second-order valence-electron chi connectivity index (χ2n) is 4.86. The molecular weight excluding hydrogens is 198 g/mol. The summed E-state index contributed by atoms with van der Waals surface area (Å²) in [6.07, 6.45) is 1.07. The molecule has 0 unspecified atom stereocenters. The fraction of sp³-hybridized carbons (Fsp3) is 0.615. The number of anilines is 1. The van der Waals surface area contributed by atoms with Crippen LogP contribution in [0.3, 0.4) is 0 Å². The average molecular weight is 221 g/mol. The van der Waals surface area contributed by atoms with Crippen molar-refractivity contribution in [1.82, 2.24) is 4.98 Å². The molecule has 0 aromatic carbocycles. The number of nitrogens with zero attached hydrogens (tertiary/aromatic N) is 2. The second-order valence-corrected chi connectivity index (χ2v) is 4.86. The van der Waals surface area contributed by atoms with Gasteiger partial charge in [-0.05, 0) is 33.3 Å². The van der Waals surface area contributed by atoms with Crippen molar-refractivity contribution < 1.29 is 0 Å². The number of pyridine rings is 1. The Morgan fingerprint density at radius 3 is 2.50 bits per heavy atom. The molecule has 0 saturated carbocycles. The van der Waals surface area contributed by atoms with E-state index >= 15 is 0 Å². The molecular formula is C13H23N3. The van der Waals surface area contributed by atoms with Crippen molar-refractivity contribution >= 4 is 5.82 Å². The van der Waals surface area contributed by atoms with Crippen LogP contribution in [0.25, 0.3) is 0 Å². The van der Waals surface area contributed by atoms with E-state index in [1.165, 1.54) is 0 Å². The fourth-order valence-corrected chi connectivity index (χ4v) is 1.55. The Hall–Kier alpha value is -1.09. The maximum atomic E-state index is 5.76. The van der Waals surface area contributed by atoms with E-state index in [1.54, 1.807) is 0 Å². The zero-order chi connectivity index (χ0) is 12.3. The second kappa shape index (κ2) is 4.83. The third kappa shape index (κ3) is 2.53. The van der Waals surface area contributed by atoms with Crippen LogP contribution in [-0.2, 0) is 6.54 Å². The highest BCUT2D eigenvalue weighted by Gasteiger charge is 2.24. The summed E-state index contributed by atoms with van der Waals surface area (Å²) in [7, 11) is 2.09. The van der Waals surface area contributed by atoms with Crippen LogP contribution in [-0.4, -0.2) is 17.6 Å². The minimum Gasteiger partial charge on any atom is -0.354 e. The summed E-state index contributed by atoms with van der Waals surface area (Å²) >= 11 is 0. The zero-order valence-electron chi connectivity index (χ0n) is 11.0. The van der Waals surface area contributed by atoms with Crippen LogP contribution in [0.1, 0.15) is 38.4 Å². The van der Waals surface area contributed by atoms with Gasteiger partial charge in [0.15, 0.2) is 0 Å². The molecule has 0 saturated heterocycles. The maximum absolute atomic E-state index is 5.76. The lowest BCUT2D eigenvalue weighted by molar-refractivity contribution is 0.466. The summed E-state index contributed by atoms with van der Waals surface area (Å²) in [5.41, 5.74) is 8.00. The zero-order valence-corrected chi connectivity index (χ0v) is 11.0. The lowest BCUT2D eigenvalue weighted by Crippen LogP contribution is -2.41. The van der Waals surface area contributed by atoms with Crippen LogP contribution in [0.5, 0.6) is 0 Å². The smallest absolute Gasteiger partial charge is 0.133 e. The van der Waals surface area contributed by atoms with Crippen LogP contribution in [0, 0.1) is 6.92 Å². The summed E-state index contributed by atoms with van der Waals surface area (Å²) in [4.78, 5) is 6.83. The number of aryl methyl sites for hydroxylation is 1. The quantitative estimate of drug-likeness (QED) is 0.849. The van der Waals surface area contributed by atoms with E-state index in [0.717, 1.165) is 23.5 Å². The van der Waals surface area contributed by atoms with Gasteiger partial charge in [-0.25, -0.2) is 4.98 Å². The molecule has 0 fully saturated rings. The molecule has 1 rings (SSSR count). The highest BCUT2D eigenvalue weighted by atomic mass is 15.2. The van der Waals surface area contributed by atoms with Crippen molar-refractivity contribution in [2.75, 3.05) is 11.9 Å². The van der Waals surface area contributed by atoms with Gasteiger partial charge < -0.3 is 10.6 Å². The number of rotatable bonds is 4. The lowest BCUT2D eigenvalue weighted by Gasteiger charge is -2.37. The first-order valence-corrected chi connectivity index (χ1v) is 5.82. The molecule has 0 bridgehead atoms. The topological polar surface area (TPSA) is 42.2 Å². The molecule has 0 aliphatic carbocycles. The van der Waals surface area contributed by atoms with E-state index in [1.807, 2.05) is 13.0 Å². The monoisotopic (exact) mass is 221 g/mol. The molecule has 1 heterocycles. The summed E-state index contributed by atoms with van der Waals surface area (Å²) < 4.78 is 0. The Morgan fingerprint density at radius 2 is 2.00 bits per heavy atom. The van der Waals surface area contributed by atoms with Gasteiger partial charge in [0.05, 0.1) is 0 Å². The summed E-state index contributed by atoms with van der Waals surface area (Å²) in [6, 6.07) is 4.08. The van der Waals surface area contributed by atoms with Crippen molar-refractivity contribution in [3.8, 4) is 0 Å². The molecule has 0 radical (unpaired) electrons. The van der Waals surface area contributed by atoms with E-state index < -0.39 is 0 Å². The van der Waals surface area contributed by atoms with Gasteiger partial charge in [-0.2, -0.15) is 0 Å². The summed E-state index contributed by atoms with van der Waals surface area (Å²) in [5.74, 6) is 1.01. The van der Waals surface area contributed by atoms with Crippen molar-refractivity contribution in [2.24, 2.45) is 5.73 Å². The minimum absolute atomic E-state index is 0.102. The Labute approximate surface area is 98.7 Å². The van der Waals surface area contributed by atoms with E-state index in [0.29, 0.717) is 6.54 Å². The number of hydrogen-bond acceptors (Lipinski definition) is 3. The maximum Gasteiger partial charge on any atom is 0.133 e. The van der Waals surface area contributed by atoms with Crippen LogP contribution < -0.4 is 10.6 Å². The highest BCUT2D eigenvalue weighted by molar-refractivity contribution is 5.49. The Kier molecular flexibility index (Phi) is 3.92. The van der Waals surface area contributed by atoms with E-state index in [9.17, 15) is 0 Å². The van der Waals surface area contributed by atoms with Gasteiger partial charge in [0.1, 0.15) is 5.82 Å². The minimum atomic E-state index is 0.102. The lowest BCUT2D eigenvalue weighted by atomic mass is 9.99. The molecule has 3 nitrogen and oxygen atoms in total. The number of aromatic nitrogens is 1. The molecule has 90 valence electrons. The first kappa shape index (κ1) is 13.0. The van der Waals surface area contributed by atoms with Gasteiger partial charge in [0.2, 0.25) is 0 Å². The molecule has 2 N–H and O–H groups in total. The van der Waals surface area contributed by atoms with Crippen LogP contribution >= 0.6 is 0 Å². The van der Waals surface area contributed by atoms with Gasteiger partial charge in [-0.1, -0.05) is 13.0 Å². The first-order chi connectivity index (χ1) is 7.42. The van der Waals surface area contributed by atoms with Crippen LogP contribution in [0.4, 0.5) is 5.82 Å². The van der Waals surface area contributed by atoms with Crippen LogP contribution in [0.15, 0.2) is 12.1 Å². The molecule has 0 atom stereocenters. The van der Waals surface area contributed by atoms with Gasteiger partial charge >= 0.3 is 0 Å². The molecule has 3 heteroatoms. The van der Waals surface area contributed by atoms with Gasteiger partial charge in [-0.15, -0.1) is 0 Å². The van der Waals surface area contributed by atoms with Gasteiger partial charge in [0, 0.05) is 30.4 Å². The number of hydrogen-bond donors (Lipinski definition) is 1. The van der Waals surface area contributed by atoms with Gasteiger partial charge in [-0.3, -0.25) is 0 Å². The van der Waals surface area contributed by atoms with Crippen molar-refractivity contribution in [3.63, 3.8) is 0 Å². The Morgan fingerprint density at radius 1 is 1.38 bits per heavy atom. The van der Waals surface area contributed by atoms with Crippen molar-refractivity contribution in [2.45, 2.75) is 46.2 Å². The SMILES string of the molecule is CCC(C)(C)N(C)c1nc(C)ccc1CN. The summed E-state index contributed by atoms with van der Waals surface area (Å²) in [6.45, 7) is 9.17. The molecule has 0 amide bonds. The number of nitrogens with two attached hydrogens (primary N) is 1. The molecule has 16 heavy (non-hydrogen) atoms. The highest BCUT2D eigenvalue weighted by Crippen LogP contribution is 2.26. The van der Waals surface area contributed by atoms with E-state index in [-0.39, 0.29) is 5.54 Å². The van der Waals surface area contributed by atoms with Crippen molar-refractivity contribution in [1.29, 1.82) is 0 Å². The predicted molar refractivity (Wildman–Crippen MR) is 69.6 cm³/mol. The van der Waals surface area contributed by atoms with E-state index in [2.05, 4.69) is 43.8 Å². The Bertz CT molecular complexity index is 358. The molecule has 0 spiro atoms. The standard InChI is InChI=1S/C13H23N3/c1-6-13(3,4)16(5)12-11(9-14)8-7-10(2)15-12/h7-8H,6,9,14H2,1-5H3.